The Labute approximate surface area is 109 Å². The molecule has 0 saturated heterocycles. The lowest BCUT2D eigenvalue weighted by Crippen LogP contribution is -1.98. The second-order valence-electron chi connectivity index (χ2n) is 3.89. The van der Waals surface area contributed by atoms with Gasteiger partial charge in [-0.3, -0.25) is 0 Å². The van der Waals surface area contributed by atoms with Crippen molar-refractivity contribution in [2.75, 3.05) is 6.26 Å². The number of benzene rings is 1. The summed E-state index contributed by atoms with van der Waals surface area (Å²) >= 11 is 5.66. The monoisotopic (exact) mass is 288 g/mol. The summed E-state index contributed by atoms with van der Waals surface area (Å²) in [6, 6.07) is 4.32. The summed E-state index contributed by atoms with van der Waals surface area (Å²) in [5, 5.41) is 0.0908. The molecule has 0 unspecified atom stereocenters. The second-order valence-corrected chi connectivity index (χ2v) is 6.28. The third kappa shape index (κ3) is 2.88. The molecule has 96 valence electrons. The molecule has 0 radical (unpaired) electrons. The zero-order valence-electron chi connectivity index (χ0n) is 9.44. The highest BCUT2D eigenvalue weighted by Gasteiger charge is 2.11. The number of nitrogens with zero attached hydrogens (tertiary/aromatic N) is 1. The number of rotatable bonds is 3. The molecule has 18 heavy (non-hydrogen) atoms. The number of H-pyrrole nitrogens is 1. The van der Waals surface area contributed by atoms with Crippen LogP contribution in [-0.2, 0) is 16.3 Å². The van der Waals surface area contributed by atoms with Gasteiger partial charge in [0.25, 0.3) is 0 Å². The van der Waals surface area contributed by atoms with Crippen LogP contribution in [0.25, 0.3) is 0 Å². The van der Waals surface area contributed by atoms with Gasteiger partial charge < -0.3 is 4.98 Å². The minimum absolute atomic E-state index is 0.0300. The predicted octanol–water partition coefficient (Wildman–Crippen LogP) is 2.20. The Morgan fingerprint density at radius 3 is 2.72 bits per heavy atom. The Morgan fingerprint density at radius 2 is 2.17 bits per heavy atom. The molecule has 1 heterocycles. The van der Waals surface area contributed by atoms with Gasteiger partial charge >= 0.3 is 0 Å². The summed E-state index contributed by atoms with van der Waals surface area (Å²) in [6.45, 7) is 0. The molecule has 0 aliphatic rings. The highest BCUT2D eigenvalue weighted by atomic mass is 35.5. The van der Waals surface area contributed by atoms with Crippen molar-refractivity contribution in [2.24, 2.45) is 0 Å². The number of aromatic nitrogens is 2. The van der Waals surface area contributed by atoms with Crippen molar-refractivity contribution in [3.8, 4) is 0 Å². The Morgan fingerprint density at radius 1 is 1.44 bits per heavy atom. The summed E-state index contributed by atoms with van der Waals surface area (Å²) < 4.78 is 35.5. The van der Waals surface area contributed by atoms with Crippen molar-refractivity contribution in [2.45, 2.75) is 11.4 Å². The topological polar surface area (TPSA) is 62.8 Å². The van der Waals surface area contributed by atoms with E-state index in [1.807, 2.05) is 0 Å². The first-order valence-electron chi connectivity index (χ1n) is 5.04. The molecule has 0 atom stereocenters. The standard InChI is InChI=1S/C11H10ClFN2O2S/c1-18(16,17)11-6-14-10(15-11)5-7-2-3-9(13)8(12)4-7/h2-4,6H,5H2,1H3,(H,14,15). The van der Waals surface area contributed by atoms with Crippen LogP contribution in [-0.4, -0.2) is 24.6 Å². The van der Waals surface area contributed by atoms with Gasteiger partial charge in [0.2, 0.25) is 0 Å². The molecule has 1 N–H and O–H groups in total. The maximum Gasteiger partial charge on any atom is 0.192 e. The second kappa shape index (κ2) is 4.70. The van der Waals surface area contributed by atoms with Gasteiger partial charge in [0.1, 0.15) is 11.6 Å². The van der Waals surface area contributed by atoms with Crippen LogP contribution in [0, 0.1) is 5.82 Å². The molecular weight excluding hydrogens is 279 g/mol. The first-order chi connectivity index (χ1) is 8.36. The fourth-order valence-electron chi connectivity index (χ4n) is 1.46. The summed E-state index contributed by atoms with van der Waals surface area (Å²) in [5.41, 5.74) is 0.746. The molecule has 0 fully saturated rings. The van der Waals surface area contributed by atoms with Crippen molar-refractivity contribution < 1.29 is 12.8 Å². The third-order valence-electron chi connectivity index (χ3n) is 2.36. The molecule has 0 spiro atoms. The van der Waals surface area contributed by atoms with E-state index in [0.717, 1.165) is 11.8 Å². The van der Waals surface area contributed by atoms with E-state index in [1.165, 1.54) is 18.3 Å². The normalized spacial score (nSPS) is 11.7. The number of halogens is 2. The minimum atomic E-state index is -3.29. The number of sulfone groups is 1. The Kier molecular flexibility index (Phi) is 3.41. The van der Waals surface area contributed by atoms with Crippen LogP contribution in [0.15, 0.2) is 29.4 Å². The fourth-order valence-corrected chi connectivity index (χ4v) is 2.22. The average Bonchev–Trinajstić information content (AvgIpc) is 2.72. The summed E-state index contributed by atoms with van der Waals surface area (Å²) in [7, 11) is -3.29. The zero-order chi connectivity index (χ0) is 13.3. The van der Waals surface area contributed by atoms with Crippen LogP contribution in [0.2, 0.25) is 5.02 Å². The fraction of sp³-hybridized carbons (Fsp3) is 0.182. The number of nitrogens with one attached hydrogen (secondary N) is 1. The van der Waals surface area contributed by atoms with Gasteiger partial charge in [-0.05, 0) is 17.7 Å². The quantitative estimate of drug-likeness (QED) is 0.942. The molecule has 2 aromatic rings. The largest absolute Gasteiger partial charge is 0.333 e. The zero-order valence-corrected chi connectivity index (χ0v) is 11.0. The van der Waals surface area contributed by atoms with Crippen LogP contribution < -0.4 is 0 Å². The van der Waals surface area contributed by atoms with Gasteiger partial charge in [-0.25, -0.2) is 17.8 Å². The number of hydrogen-bond donors (Lipinski definition) is 1. The molecule has 1 aromatic heterocycles. The van der Waals surface area contributed by atoms with Crippen molar-refractivity contribution in [3.63, 3.8) is 0 Å². The summed E-state index contributed by atoms with van der Waals surface area (Å²) in [4.78, 5) is 6.66. The third-order valence-corrected chi connectivity index (χ3v) is 3.66. The predicted molar refractivity (Wildman–Crippen MR) is 65.9 cm³/mol. The van der Waals surface area contributed by atoms with Crippen LogP contribution in [0.3, 0.4) is 0 Å². The van der Waals surface area contributed by atoms with Crippen molar-refractivity contribution in [1.82, 2.24) is 9.97 Å². The van der Waals surface area contributed by atoms with Gasteiger partial charge in [-0.1, -0.05) is 17.7 Å². The Balaban J connectivity index is 2.24. The number of imidazole rings is 1. The maximum atomic E-state index is 13.0. The molecule has 1 aromatic carbocycles. The molecule has 4 nitrogen and oxygen atoms in total. The maximum absolute atomic E-state index is 13.0. The molecule has 0 bridgehead atoms. The Bertz CT molecular complexity index is 682. The van der Waals surface area contributed by atoms with Gasteiger partial charge in [-0.2, -0.15) is 0 Å². The van der Waals surface area contributed by atoms with E-state index in [1.54, 1.807) is 6.07 Å². The Hall–Kier alpha value is -1.40. The van der Waals surface area contributed by atoms with Crippen LogP contribution in [0.4, 0.5) is 4.39 Å². The van der Waals surface area contributed by atoms with Crippen LogP contribution in [0.1, 0.15) is 11.4 Å². The lowest BCUT2D eigenvalue weighted by atomic mass is 10.1. The summed E-state index contributed by atoms with van der Waals surface area (Å²) in [6.07, 6.45) is 2.71. The van der Waals surface area contributed by atoms with Crippen LogP contribution >= 0.6 is 11.6 Å². The number of aromatic amines is 1. The molecule has 2 rings (SSSR count). The van der Waals surface area contributed by atoms with Gasteiger partial charge in [0, 0.05) is 12.7 Å². The molecule has 0 aliphatic carbocycles. The van der Waals surface area contributed by atoms with Crippen molar-refractivity contribution >= 4 is 21.4 Å². The molecular formula is C11H10ClFN2O2S. The molecule has 0 aliphatic heterocycles. The number of hydrogen-bond acceptors (Lipinski definition) is 3. The minimum Gasteiger partial charge on any atom is -0.333 e. The van der Waals surface area contributed by atoms with Crippen molar-refractivity contribution in [1.29, 1.82) is 0 Å². The molecule has 0 amide bonds. The van der Waals surface area contributed by atoms with E-state index in [0.29, 0.717) is 12.2 Å². The van der Waals surface area contributed by atoms with Crippen molar-refractivity contribution in [3.05, 3.63) is 46.6 Å². The van der Waals surface area contributed by atoms with E-state index < -0.39 is 15.7 Å². The smallest absolute Gasteiger partial charge is 0.192 e. The first-order valence-corrected chi connectivity index (χ1v) is 7.31. The van der Waals surface area contributed by atoms with Crippen LogP contribution in [0.5, 0.6) is 0 Å². The van der Waals surface area contributed by atoms with E-state index in [9.17, 15) is 12.8 Å². The van der Waals surface area contributed by atoms with E-state index >= 15 is 0 Å². The SMILES string of the molecule is CS(=O)(=O)c1cnc(Cc2ccc(F)c(Cl)c2)[nH]1. The molecule has 0 saturated carbocycles. The first kappa shape index (κ1) is 13.0. The highest BCUT2D eigenvalue weighted by Crippen LogP contribution is 2.18. The van der Waals surface area contributed by atoms with Gasteiger partial charge in [0.05, 0.1) is 11.2 Å². The van der Waals surface area contributed by atoms with E-state index in [4.69, 9.17) is 11.6 Å². The molecule has 7 heteroatoms. The summed E-state index contributed by atoms with van der Waals surface area (Å²) in [5.74, 6) is -0.00483. The van der Waals surface area contributed by atoms with E-state index in [2.05, 4.69) is 9.97 Å². The van der Waals surface area contributed by atoms with E-state index in [-0.39, 0.29) is 10.0 Å². The lowest BCUT2D eigenvalue weighted by molar-refractivity contribution is 0.598. The highest BCUT2D eigenvalue weighted by molar-refractivity contribution is 7.90. The lowest BCUT2D eigenvalue weighted by Gasteiger charge is -2.00. The van der Waals surface area contributed by atoms with Gasteiger partial charge in [0.15, 0.2) is 14.9 Å². The average molecular weight is 289 g/mol. The van der Waals surface area contributed by atoms with Gasteiger partial charge in [-0.15, -0.1) is 0 Å².